The van der Waals surface area contributed by atoms with Gasteiger partial charge in [0.1, 0.15) is 83.9 Å². The molecule has 0 spiro atoms. The van der Waals surface area contributed by atoms with Gasteiger partial charge in [-0.1, -0.05) is 18.2 Å². The van der Waals surface area contributed by atoms with Gasteiger partial charge in [-0.25, -0.2) is 0 Å². The van der Waals surface area contributed by atoms with Crippen LogP contribution in [0.25, 0.3) is 53.9 Å². The van der Waals surface area contributed by atoms with E-state index in [1.807, 2.05) is 0 Å². The second-order valence-corrected chi connectivity index (χ2v) is 36.6. The summed E-state index contributed by atoms with van der Waals surface area (Å²) in [5.41, 5.74) is -5.90. The van der Waals surface area contributed by atoms with Gasteiger partial charge in [0.05, 0.1) is 38.0 Å². The molecule has 0 saturated carbocycles. The van der Waals surface area contributed by atoms with Gasteiger partial charge in [-0.2, -0.15) is 89.3 Å². The number of fused-ring (bicyclic) bond motifs is 5. The Balaban J connectivity index is 1.01. The monoisotopic (exact) mass is 1760 g/mol. The van der Waals surface area contributed by atoms with E-state index in [0.717, 1.165) is 60.7 Å². The number of nitrogens with two attached hydrogens (primary N) is 1. The fraction of sp³-hybridized carbons (Fsp3) is 0. The Bertz CT molecular complexity index is 7620. The highest BCUT2D eigenvalue weighted by atomic mass is 32.3. The second kappa shape index (κ2) is 28.3. The maximum Gasteiger partial charge on any atom is 0.297 e. The predicted molar refractivity (Wildman–Crippen MR) is 381 cm³/mol. The third-order valence-electron chi connectivity index (χ3n) is 15.7. The van der Waals surface area contributed by atoms with Crippen molar-refractivity contribution in [1.29, 1.82) is 0 Å². The number of hydrogen-bond donors (Lipinski definition) is 14. The summed E-state index contributed by atoms with van der Waals surface area (Å²) in [5, 5.41) is 75.0. The first-order chi connectivity index (χ1) is 51.9. The number of nitrogens with zero attached hydrogens (tertiary/aromatic N) is 11. The highest BCUT2D eigenvalue weighted by Gasteiger charge is 2.34. The Hall–Kier alpha value is -11.6. The zero-order valence-corrected chi connectivity index (χ0v) is 62.2. The minimum atomic E-state index is -5.97. The van der Waals surface area contributed by atoms with Crippen LogP contribution in [-0.4, -0.2) is 150 Å². The molecule has 0 radical (unpaired) electrons. The lowest BCUT2D eigenvalue weighted by Gasteiger charge is -2.15. The van der Waals surface area contributed by atoms with E-state index >= 15 is 0 Å². The van der Waals surface area contributed by atoms with Gasteiger partial charge in [-0.15, -0.1) is 46.0 Å². The summed E-state index contributed by atoms with van der Waals surface area (Å²) < 4.78 is 359. The molecule has 11 rings (SSSR count). The smallest absolute Gasteiger partial charge is 0.297 e. The van der Waals surface area contributed by atoms with Crippen LogP contribution in [0.3, 0.4) is 0 Å². The third-order valence-corrected chi connectivity index (χ3v) is 24.6. The number of nitrogen functional groups attached to an aromatic ring is 1. The van der Waals surface area contributed by atoms with Crippen LogP contribution in [0.2, 0.25) is 0 Å². The molecule has 0 unspecified atom stereocenters. The normalized spacial score (nSPS) is 13.6. The van der Waals surface area contributed by atoms with Crippen molar-refractivity contribution in [2.75, 3.05) is 5.73 Å². The van der Waals surface area contributed by atoms with Gasteiger partial charge in [-0.3, -0.25) is 55.6 Å². The Kier molecular flexibility index (Phi) is 20.6. The fourth-order valence-electron chi connectivity index (χ4n) is 11.0. The van der Waals surface area contributed by atoms with Crippen molar-refractivity contribution in [3.8, 4) is 17.2 Å². The van der Waals surface area contributed by atoms with E-state index in [4.69, 9.17) is 5.73 Å². The van der Waals surface area contributed by atoms with Crippen LogP contribution in [0.15, 0.2) is 227 Å². The third kappa shape index (κ3) is 16.3. The molecule has 0 aliphatic heterocycles. The Labute approximate surface area is 629 Å². The molecule has 113 heavy (non-hydrogen) atoms. The van der Waals surface area contributed by atoms with E-state index in [9.17, 15) is 155 Å². The van der Waals surface area contributed by atoms with Gasteiger partial charge in [0, 0.05) is 60.6 Å². The number of benzene rings is 11. The maximum atomic E-state index is 13.4. The van der Waals surface area contributed by atoms with Gasteiger partial charge < -0.3 is 21.1 Å². The van der Waals surface area contributed by atoms with Crippen molar-refractivity contribution < 1.29 is 150 Å². The average Bonchev–Trinajstić information content (AvgIpc) is 0.763. The number of azo groups is 5. The van der Waals surface area contributed by atoms with Crippen molar-refractivity contribution in [3.05, 3.63) is 138 Å². The molecule has 0 amide bonds. The van der Waals surface area contributed by atoms with Gasteiger partial charge >= 0.3 is 0 Å². The number of phenolic OH excluding ortho intramolecular Hbond substituents is 3. The number of rotatable bonds is 21. The van der Waals surface area contributed by atoms with Crippen LogP contribution < -0.4 is 5.73 Å². The Morgan fingerprint density at radius 2 is 0.673 bits per heavy atom. The number of nitro benzene ring substituents is 1. The summed E-state index contributed by atoms with van der Waals surface area (Å²) in [5.74, 6) is -4.65. The first kappa shape index (κ1) is 82.4. The Morgan fingerprint density at radius 1 is 0.283 bits per heavy atom. The summed E-state index contributed by atoms with van der Waals surface area (Å²) in [6, 6.07) is 13.8. The number of nitro groups is 1. The molecular weight excluding hydrogens is 1720 g/mol. The number of non-ortho nitro benzene ring substituents is 1. The summed E-state index contributed by atoms with van der Waals surface area (Å²) in [7, 11) is -56.0. The maximum absolute atomic E-state index is 13.4. The summed E-state index contributed by atoms with van der Waals surface area (Å²) in [6.07, 6.45) is 0. The van der Waals surface area contributed by atoms with Gasteiger partial charge in [0.15, 0.2) is 17.2 Å². The number of anilines is 1. The van der Waals surface area contributed by atoms with Crippen LogP contribution in [0.1, 0.15) is 0 Å². The predicted octanol–water partition coefficient (Wildman–Crippen LogP) is 10.6. The first-order valence-electron chi connectivity index (χ1n) is 28.9. The topological polar surface area (TPSA) is 797 Å². The van der Waals surface area contributed by atoms with Crippen LogP contribution in [0, 0.1) is 10.1 Å². The summed E-state index contributed by atoms with van der Waals surface area (Å²) in [4.78, 5) is -3.31. The summed E-state index contributed by atoms with van der Waals surface area (Å²) >= 11 is 0. The molecule has 0 aliphatic carbocycles. The van der Waals surface area contributed by atoms with Crippen molar-refractivity contribution in [1.82, 2.24) is 0 Å². The number of hydrogen-bond acceptors (Lipinski definition) is 36. The molecular formula is C56H36N12O35S10. The van der Waals surface area contributed by atoms with E-state index in [2.05, 4.69) is 51.1 Å². The molecule has 0 saturated heterocycles. The van der Waals surface area contributed by atoms with E-state index < -0.39 is 283 Å². The lowest BCUT2D eigenvalue weighted by Crippen LogP contribution is -2.04. The highest BCUT2D eigenvalue weighted by Crippen LogP contribution is 2.52. The lowest BCUT2D eigenvalue weighted by atomic mass is 10.0. The van der Waals surface area contributed by atoms with Crippen molar-refractivity contribution in [2.24, 2.45) is 51.1 Å². The minimum Gasteiger partial charge on any atom is -0.505 e. The molecule has 11 aromatic rings. The molecule has 0 atom stereocenters. The van der Waals surface area contributed by atoms with Gasteiger partial charge in [0.25, 0.3) is 107 Å². The molecule has 57 heteroatoms. The molecule has 590 valence electrons. The molecule has 0 heterocycles. The van der Waals surface area contributed by atoms with Crippen molar-refractivity contribution >= 4 is 223 Å². The van der Waals surface area contributed by atoms with Crippen LogP contribution in [-0.2, 0) is 101 Å². The standard InChI is InChI=1S/C56H36N12O35S10/c57-48-39(21-42(107(83,84)85)33-20-46(111(95,96)97)51(54(71)47(33)48)67-61-36-9-4-23(68(72)73)16-43(36)108(86,87)88)64-62-37-10-7-27-31(55(37)112(98,99)100)18-45(110(92,93)94)50(53(27)70)66-63-38-11-8-28-32(56(38)113(101,102)103)19-44(109(89,90)91)49(52(28)69)65-60-35-13-12-34(25-6-5-24(17-29(25)35)104(74,75)76)59-58-22-14-30-26(41(15-22)106(80,81)82)2-1-3-40(30)105(77,78)79/h1-21,69-71H,57H2,(H,74,75,76)(H,77,78,79)(H,80,81,82)(H,83,84,85)(H,86,87,88)(H,89,90,91)(H,92,93,94)(H,95,96,97)(H,98,99,100)(H,101,102,103). The largest absolute Gasteiger partial charge is 0.505 e. The molecule has 0 aliphatic rings. The first-order valence-corrected chi connectivity index (χ1v) is 43.3. The van der Waals surface area contributed by atoms with E-state index in [-0.39, 0.29) is 41.4 Å². The number of aromatic hydroxyl groups is 3. The molecule has 11 aromatic carbocycles. The fourth-order valence-corrected chi connectivity index (χ4v) is 17.9. The van der Waals surface area contributed by atoms with Crippen LogP contribution in [0.4, 0.5) is 68.2 Å². The van der Waals surface area contributed by atoms with E-state index in [1.54, 1.807) is 0 Å². The lowest BCUT2D eigenvalue weighted by molar-refractivity contribution is -0.385. The molecule has 15 N–H and O–H groups in total. The molecule has 0 bridgehead atoms. The molecule has 0 aromatic heterocycles. The zero-order chi connectivity index (χ0) is 83.7. The highest BCUT2D eigenvalue weighted by molar-refractivity contribution is 7.88. The zero-order valence-electron chi connectivity index (χ0n) is 54.0. The molecule has 47 nitrogen and oxygen atoms in total. The number of phenols is 3. The van der Waals surface area contributed by atoms with Gasteiger partial charge in [0.2, 0.25) is 0 Å². The van der Waals surface area contributed by atoms with Gasteiger partial charge in [-0.05, 0) is 97.1 Å². The van der Waals surface area contributed by atoms with Crippen molar-refractivity contribution in [2.45, 2.75) is 49.0 Å². The van der Waals surface area contributed by atoms with E-state index in [1.165, 1.54) is 0 Å². The molecule has 0 fully saturated rings. The average molecular weight is 1760 g/mol. The SMILES string of the molecule is Nc1c(N=Nc2ccc3c(O)c(N=Nc4ccc5c(O)c(N=Nc6ccc(N=Nc7cc(S(=O)(=O)O)c8cccc(S(=O)(=O)O)c8c7)c7ccc(S(=O)(=O)O)cc67)c(S(=O)(=O)O)cc5c4S(=O)(=O)O)c(S(=O)(=O)O)cc3c2S(=O)(=O)O)cc(S(=O)(=O)O)c2cc(S(=O)(=O)O)c(N=Nc3ccc([N+](=O)[O-])cc3S(=O)(=O)O)c(O)c12. The summed E-state index contributed by atoms with van der Waals surface area (Å²) in [6.45, 7) is 0. The van der Waals surface area contributed by atoms with Crippen molar-refractivity contribution in [3.63, 3.8) is 0 Å². The van der Waals surface area contributed by atoms with E-state index in [0.29, 0.717) is 36.4 Å². The van der Waals surface area contributed by atoms with Crippen LogP contribution >= 0.6 is 0 Å². The Morgan fingerprint density at radius 3 is 1.13 bits per heavy atom. The van der Waals surface area contributed by atoms with Crippen LogP contribution in [0.5, 0.6) is 17.2 Å². The minimum absolute atomic E-state index is 0.137. The quantitative estimate of drug-likeness (QED) is 0.0104. The second-order valence-electron chi connectivity index (χ2n) is 22.7.